The Morgan fingerprint density at radius 3 is 2.74 bits per heavy atom. The number of benzene rings is 2. The molecule has 2 aromatic carbocycles. The van der Waals surface area contributed by atoms with Crippen LogP contribution in [0.2, 0.25) is 0 Å². The second-order valence-electron chi connectivity index (χ2n) is 5.29. The van der Waals surface area contributed by atoms with Crippen LogP contribution in [-0.4, -0.2) is 28.1 Å². The number of rotatable bonds is 5. The summed E-state index contributed by atoms with van der Waals surface area (Å²) in [7, 11) is 3.21. The van der Waals surface area contributed by atoms with Gasteiger partial charge in [0, 0.05) is 13.6 Å². The van der Waals surface area contributed by atoms with Crippen LogP contribution in [0, 0.1) is 0 Å². The van der Waals surface area contributed by atoms with Crippen molar-refractivity contribution in [3.05, 3.63) is 59.9 Å². The zero-order chi connectivity index (χ0) is 16.2. The summed E-state index contributed by atoms with van der Waals surface area (Å²) in [4.78, 5) is 12.2. The number of hydrogen-bond acceptors (Lipinski definition) is 5. The summed E-state index contributed by atoms with van der Waals surface area (Å²) in [5.41, 5.74) is 1.75. The monoisotopic (exact) mass is 310 g/mol. The molecular formula is C17H18N4O2. The SMILES string of the molecule is COC(=O)[C@@H](NCc1cnnn1C)c1ccc2ccccc2c1. The number of aromatic nitrogens is 3. The lowest BCUT2D eigenvalue weighted by molar-refractivity contribution is -0.143. The third-order valence-electron chi connectivity index (χ3n) is 3.84. The smallest absolute Gasteiger partial charge is 0.327 e. The number of nitrogens with zero attached hydrogens (tertiary/aromatic N) is 3. The summed E-state index contributed by atoms with van der Waals surface area (Å²) in [5, 5.41) is 13.2. The number of carbonyl (C=O) groups excluding carboxylic acids is 1. The van der Waals surface area contributed by atoms with Gasteiger partial charge in [0.2, 0.25) is 0 Å². The molecule has 118 valence electrons. The van der Waals surface area contributed by atoms with Crippen LogP contribution in [0.25, 0.3) is 10.8 Å². The van der Waals surface area contributed by atoms with Crippen LogP contribution in [-0.2, 0) is 23.1 Å². The minimum absolute atomic E-state index is 0.324. The van der Waals surface area contributed by atoms with Crippen LogP contribution in [0.15, 0.2) is 48.7 Å². The van der Waals surface area contributed by atoms with E-state index < -0.39 is 6.04 Å². The number of aryl methyl sites for hydroxylation is 1. The summed E-state index contributed by atoms with van der Waals surface area (Å²) in [6, 6.07) is 13.5. The summed E-state index contributed by atoms with van der Waals surface area (Å²) in [6.07, 6.45) is 1.67. The summed E-state index contributed by atoms with van der Waals surface area (Å²) in [6.45, 7) is 0.468. The number of fused-ring (bicyclic) bond motifs is 1. The van der Waals surface area contributed by atoms with Crippen molar-refractivity contribution in [1.82, 2.24) is 20.3 Å². The van der Waals surface area contributed by atoms with E-state index in [-0.39, 0.29) is 5.97 Å². The Balaban J connectivity index is 1.88. The van der Waals surface area contributed by atoms with Crippen molar-refractivity contribution in [2.24, 2.45) is 7.05 Å². The Bertz CT molecular complexity index is 828. The highest BCUT2D eigenvalue weighted by Crippen LogP contribution is 2.21. The van der Waals surface area contributed by atoms with Crippen LogP contribution >= 0.6 is 0 Å². The molecule has 0 fully saturated rings. The Hall–Kier alpha value is -2.73. The highest BCUT2D eigenvalue weighted by molar-refractivity contribution is 5.85. The molecule has 0 aliphatic rings. The molecule has 6 heteroatoms. The lowest BCUT2D eigenvalue weighted by Crippen LogP contribution is -2.30. The van der Waals surface area contributed by atoms with Crippen molar-refractivity contribution >= 4 is 16.7 Å². The van der Waals surface area contributed by atoms with Crippen LogP contribution in [0.1, 0.15) is 17.3 Å². The lowest BCUT2D eigenvalue weighted by Gasteiger charge is -2.17. The molecule has 6 nitrogen and oxygen atoms in total. The maximum Gasteiger partial charge on any atom is 0.327 e. The van der Waals surface area contributed by atoms with Gasteiger partial charge in [-0.05, 0) is 22.4 Å². The zero-order valence-electron chi connectivity index (χ0n) is 13.1. The number of nitrogens with one attached hydrogen (secondary N) is 1. The molecule has 0 aliphatic heterocycles. The van der Waals surface area contributed by atoms with E-state index in [0.717, 1.165) is 22.0 Å². The fraction of sp³-hybridized carbons (Fsp3) is 0.235. The number of esters is 1. The molecular weight excluding hydrogens is 292 g/mol. The van der Waals surface area contributed by atoms with E-state index in [1.165, 1.54) is 7.11 Å². The number of ether oxygens (including phenoxy) is 1. The fourth-order valence-corrected chi connectivity index (χ4v) is 2.52. The fourth-order valence-electron chi connectivity index (χ4n) is 2.52. The molecule has 0 aliphatic carbocycles. The molecule has 0 bridgehead atoms. The van der Waals surface area contributed by atoms with E-state index in [1.54, 1.807) is 10.9 Å². The Labute approximate surface area is 134 Å². The molecule has 0 amide bonds. The first-order valence-corrected chi connectivity index (χ1v) is 7.32. The Morgan fingerprint density at radius 1 is 1.26 bits per heavy atom. The van der Waals surface area contributed by atoms with Gasteiger partial charge in [-0.25, -0.2) is 4.79 Å². The van der Waals surface area contributed by atoms with Crippen molar-refractivity contribution in [2.75, 3.05) is 7.11 Å². The van der Waals surface area contributed by atoms with Gasteiger partial charge in [-0.3, -0.25) is 10.00 Å². The van der Waals surface area contributed by atoms with Crippen molar-refractivity contribution in [1.29, 1.82) is 0 Å². The molecule has 3 rings (SSSR count). The van der Waals surface area contributed by atoms with E-state index in [4.69, 9.17) is 4.74 Å². The quantitative estimate of drug-likeness (QED) is 0.730. The first-order chi connectivity index (χ1) is 11.2. The van der Waals surface area contributed by atoms with E-state index >= 15 is 0 Å². The third-order valence-corrected chi connectivity index (χ3v) is 3.84. The highest BCUT2D eigenvalue weighted by Gasteiger charge is 2.21. The molecule has 3 aromatic rings. The molecule has 0 saturated carbocycles. The third kappa shape index (κ3) is 3.22. The predicted octanol–water partition coefficient (Wildman–Crippen LogP) is 1.97. The largest absolute Gasteiger partial charge is 0.468 e. The summed E-state index contributed by atoms with van der Waals surface area (Å²) < 4.78 is 6.61. The summed E-state index contributed by atoms with van der Waals surface area (Å²) >= 11 is 0. The average Bonchev–Trinajstić information content (AvgIpc) is 2.99. The Morgan fingerprint density at radius 2 is 2.04 bits per heavy atom. The minimum Gasteiger partial charge on any atom is -0.468 e. The van der Waals surface area contributed by atoms with E-state index in [2.05, 4.69) is 15.6 Å². The molecule has 0 spiro atoms. The molecule has 0 radical (unpaired) electrons. The number of carbonyl (C=O) groups is 1. The molecule has 0 saturated heterocycles. The van der Waals surface area contributed by atoms with E-state index in [1.807, 2.05) is 49.5 Å². The normalized spacial score (nSPS) is 12.3. The second-order valence-corrected chi connectivity index (χ2v) is 5.29. The van der Waals surface area contributed by atoms with Crippen molar-refractivity contribution in [3.63, 3.8) is 0 Å². The standard InChI is InChI=1S/C17H18N4O2/c1-21-15(11-19-20-21)10-18-16(17(22)23-2)14-8-7-12-5-3-4-6-13(12)9-14/h3-9,11,16,18H,10H2,1-2H3/t16-/m0/s1. The van der Waals surface area contributed by atoms with Crippen LogP contribution in [0.4, 0.5) is 0 Å². The lowest BCUT2D eigenvalue weighted by atomic mass is 10.0. The highest BCUT2D eigenvalue weighted by atomic mass is 16.5. The van der Waals surface area contributed by atoms with Gasteiger partial charge in [-0.2, -0.15) is 0 Å². The molecule has 0 unspecified atom stereocenters. The van der Waals surface area contributed by atoms with Gasteiger partial charge in [0.25, 0.3) is 0 Å². The van der Waals surface area contributed by atoms with Crippen molar-refractivity contribution in [2.45, 2.75) is 12.6 Å². The van der Waals surface area contributed by atoms with Gasteiger partial charge in [0.05, 0.1) is 19.0 Å². The molecule has 23 heavy (non-hydrogen) atoms. The predicted molar refractivity (Wildman–Crippen MR) is 86.5 cm³/mol. The Kier molecular flexibility index (Phi) is 4.34. The first-order valence-electron chi connectivity index (χ1n) is 7.32. The number of methoxy groups -OCH3 is 1. The topological polar surface area (TPSA) is 69.0 Å². The second kappa shape index (κ2) is 6.58. The zero-order valence-corrected chi connectivity index (χ0v) is 13.1. The van der Waals surface area contributed by atoms with Crippen molar-refractivity contribution < 1.29 is 9.53 Å². The van der Waals surface area contributed by atoms with Gasteiger partial charge >= 0.3 is 5.97 Å². The average molecular weight is 310 g/mol. The van der Waals surface area contributed by atoms with Gasteiger partial charge in [0.15, 0.2) is 0 Å². The minimum atomic E-state index is -0.542. The van der Waals surface area contributed by atoms with Crippen LogP contribution in [0.5, 0.6) is 0 Å². The molecule has 1 heterocycles. The molecule has 1 N–H and O–H groups in total. The van der Waals surface area contributed by atoms with Gasteiger partial charge in [0.1, 0.15) is 6.04 Å². The van der Waals surface area contributed by atoms with Crippen LogP contribution < -0.4 is 5.32 Å². The first kappa shape index (κ1) is 15.2. The maximum absolute atomic E-state index is 12.2. The van der Waals surface area contributed by atoms with Gasteiger partial charge in [-0.15, -0.1) is 5.10 Å². The maximum atomic E-state index is 12.2. The molecule has 1 atom stereocenters. The van der Waals surface area contributed by atoms with Gasteiger partial charge in [-0.1, -0.05) is 41.6 Å². The van der Waals surface area contributed by atoms with Gasteiger partial charge < -0.3 is 4.74 Å². The van der Waals surface area contributed by atoms with E-state index in [9.17, 15) is 4.79 Å². The summed E-state index contributed by atoms with van der Waals surface area (Å²) in [5.74, 6) is -0.324. The van der Waals surface area contributed by atoms with Crippen molar-refractivity contribution in [3.8, 4) is 0 Å². The number of hydrogen-bond donors (Lipinski definition) is 1. The molecule has 1 aromatic heterocycles. The van der Waals surface area contributed by atoms with E-state index in [0.29, 0.717) is 6.54 Å². The van der Waals surface area contributed by atoms with Crippen LogP contribution in [0.3, 0.4) is 0 Å².